The van der Waals surface area contributed by atoms with Crippen molar-refractivity contribution in [3.05, 3.63) is 76.9 Å². The molecule has 1 aliphatic carbocycles. The Labute approximate surface area is 139 Å². The number of amides is 1. The van der Waals surface area contributed by atoms with Crippen LogP contribution in [0.25, 0.3) is 5.76 Å². The zero-order valence-corrected chi connectivity index (χ0v) is 13.1. The van der Waals surface area contributed by atoms with Gasteiger partial charge in [-0.05, 0) is 12.5 Å². The molecule has 0 aliphatic heterocycles. The fraction of sp³-hybridized carbons (Fsp3) is 0.105. The Balaban J connectivity index is 1.74. The Morgan fingerprint density at radius 3 is 2.33 bits per heavy atom. The third kappa shape index (κ3) is 2.96. The van der Waals surface area contributed by atoms with Gasteiger partial charge in [-0.1, -0.05) is 54.6 Å². The number of fused-ring (bicyclic) bond motifs is 1. The van der Waals surface area contributed by atoms with Crippen LogP contribution in [0.5, 0.6) is 0 Å². The van der Waals surface area contributed by atoms with Crippen molar-refractivity contribution in [2.45, 2.75) is 13.3 Å². The highest BCUT2D eigenvalue weighted by Crippen LogP contribution is 2.31. The fourth-order valence-corrected chi connectivity index (χ4v) is 2.62. The predicted octanol–water partition coefficient (Wildman–Crippen LogP) is 2.89. The lowest BCUT2D eigenvalue weighted by atomic mass is 10.1. The van der Waals surface area contributed by atoms with Crippen molar-refractivity contribution in [1.29, 1.82) is 0 Å². The summed E-state index contributed by atoms with van der Waals surface area (Å²) in [7, 11) is 0. The highest BCUT2D eigenvalue weighted by atomic mass is 16.3. The molecule has 0 aromatic heterocycles. The molecule has 0 unspecified atom stereocenters. The minimum absolute atomic E-state index is 0.103. The number of aliphatic hydroxyl groups excluding tert-OH is 1. The molecular weight excluding hydrogens is 304 g/mol. The van der Waals surface area contributed by atoms with E-state index in [1.54, 1.807) is 31.2 Å². The predicted molar refractivity (Wildman–Crippen MR) is 91.7 cm³/mol. The number of nitrogens with one attached hydrogen (secondary N) is 1. The summed E-state index contributed by atoms with van der Waals surface area (Å²) in [5, 5.41) is 14.2. The molecule has 2 aromatic rings. The van der Waals surface area contributed by atoms with E-state index < -0.39 is 0 Å². The second kappa shape index (κ2) is 6.50. The minimum Gasteiger partial charge on any atom is -0.506 e. The highest BCUT2D eigenvalue weighted by molar-refractivity contribution is 6.35. The summed E-state index contributed by atoms with van der Waals surface area (Å²) in [5.74, 6) is -0.681. The second-order valence-electron chi connectivity index (χ2n) is 5.49. The maximum absolute atomic E-state index is 12.4. The van der Waals surface area contributed by atoms with Crippen LogP contribution < -0.4 is 5.43 Å². The molecule has 3 rings (SSSR count). The summed E-state index contributed by atoms with van der Waals surface area (Å²) in [6.45, 7) is 1.58. The first-order valence-corrected chi connectivity index (χ1v) is 7.52. The molecule has 0 fully saturated rings. The molecule has 0 radical (unpaired) electrons. The largest absolute Gasteiger partial charge is 0.506 e. The number of hydrogen-bond donors (Lipinski definition) is 2. The van der Waals surface area contributed by atoms with Gasteiger partial charge in [0.25, 0.3) is 0 Å². The number of hydrogen-bond acceptors (Lipinski definition) is 4. The maximum atomic E-state index is 12.4. The highest BCUT2D eigenvalue weighted by Gasteiger charge is 2.31. The summed E-state index contributed by atoms with van der Waals surface area (Å²) in [5.41, 5.74) is 4.62. The topological polar surface area (TPSA) is 78.8 Å². The zero-order valence-electron chi connectivity index (χ0n) is 13.1. The van der Waals surface area contributed by atoms with E-state index >= 15 is 0 Å². The summed E-state index contributed by atoms with van der Waals surface area (Å²) in [6.07, 6.45) is 0.191. The number of Topliss-reactive ketones (excluding diaryl/α,β-unsaturated/α-hetero) is 1. The van der Waals surface area contributed by atoms with Crippen molar-refractivity contribution >= 4 is 23.2 Å². The molecule has 1 aliphatic rings. The lowest BCUT2D eigenvalue weighted by Gasteiger charge is -2.04. The van der Waals surface area contributed by atoms with Crippen LogP contribution in [0.4, 0.5) is 0 Å². The van der Waals surface area contributed by atoms with Gasteiger partial charge in [-0.2, -0.15) is 5.10 Å². The lowest BCUT2D eigenvalue weighted by molar-refractivity contribution is -0.120. The van der Waals surface area contributed by atoms with E-state index in [9.17, 15) is 14.7 Å². The standard InChI is InChI=1S/C19H16N2O3/c1-12(20-21-16(22)11-13-7-3-2-4-8-13)17-18(23)14-9-5-6-10-15(14)19(17)24/h2-10,23H,11H2,1H3,(H,21,22). The molecule has 120 valence electrons. The van der Waals surface area contributed by atoms with Gasteiger partial charge in [0.05, 0.1) is 17.7 Å². The smallest absolute Gasteiger partial charge is 0.244 e. The molecular formula is C19H16N2O3. The van der Waals surface area contributed by atoms with Gasteiger partial charge in [-0.25, -0.2) is 5.43 Å². The molecule has 2 aromatic carbocycles. The van der Waals surface area contributed by atoms with Gasteiger partial charge in [-0.3, -0.25) is 9.59 Å². The number of carbonyl (C=O) groups excluding carboxylic acids is 2. The third-order valence-corrected chi connectivity index (χ3v) is 3.81. The fourth-order valence-electron chi connectivity index (χ4n) is 2.62. The third-order valence-electron chi connectivity index (χ3n) is 3.81. The Morgan fingerprint density at radius 2 is 1.67 bits per heavy atom. The van der Waals surface area contributed by atoms with Crippen LogP contribution in [-0.4, -0.2) is 22.5 Å². The van der Waals surface area contributed by atoms with Crippen LogP contribution in [0.15, 0.2) is 65.3 Å². The number of carbonyl (C=O) groups is 2. The van der Waals surface area contributed by atoms with Gasteiger partial charge < -0.3 is 5.11 Å². The van der Waals surface area contributed by atoms with Gasteiger partial charge >= 0.3 is 0 Å². The van der Waals surface area contributed by atoms with E-state index in [0.717, 1.165) is 5.56 Å². The number of ketones is 1. The van der Waals surface area contributed by atoms with Crippen LogP contribution in [0.2, 0.25) is 0 Å². The van der Waals surface area contributed by atoms with Crippen molar-refractivity contribution in [2.75, 3.05) is 0 Å². The van der Waals surface area contributed by atoms with Crippen molar-refractivity contribution < 1.29 is 14.7 Å². The molecule has 5 heteroatoms. The lowest BCUT2D eigenvalue weighted by Crippen LogP contribution is -2.22. The van der Waals surface area contributed by atoms with Crippen LogP contribution in [-0.2, 0) is 11.2 Å². The number of rotatable bonds is 4. The molecule has 0 heterocycles. The van der Waals surface area contributed by atoms with Crippen LogP contribution >= 0.6 is 0 Å². The first-order chi connectivity index (χ1) is 11.6. The van der Waals surface area contributed by atoms with Gasteiger partial charge in [0.15, 0.2) is 5.78 Å². The Hall–Kier alpha value is -3.21. The average Bonchev–Trinajstić information content (AvgIpc) is 2.85. The molecule has 24 heavy (non-hydrogen) atoms. The van der Waals surface area contributed by atoms with Crippen LogP contribution in [0.1, 0.15) is 28.4 Å². The first-order valence-electron chi connectivity index (χ1n) is 7.52. The van der Waals surface area contributed by atoms with E-state index in [-0.39, 0.29) is 35.2 Å². The summed E-state index contributed by atoms with van der Waals surface area (Å²) >= 11 is 0. The molecule has 2 N–H and O–H groups in total. The molecule has 0 spiro atoms. The Morgan fingerprint density at radius 1 is 1.04 bits per heavy atom. The number of allylic oxidation sites excluding steroid dienone is 1. The monoisotopic (exact) mass is 320 g/mol. The van der Waals surface area contributed by atoms with E-state index in [0.29, 0.717) is 11.1 Å². The average molecular weight is 320 g/mol. The quantitative estimate of drug-likeness (QED) is 0.671. The normalized spacial score (nSPS) is 13.9. The second-order valence-corrected chi connectivity index (χ2v) is 5.49. The van der Waals surface area contributed by atoms with E-state index in [2.05, 4.69) is 10.5 Å². The van der Waals surface area contributed by atoms with E-state index in [1.165, 1.54) is 0 Å². The number of nitrogens with zero attached hydrogens (tertiary/aromatic N) is 1. The van der Waals surface area contributed by atoms with Crippen molar-refractivity contribution in [2.24, 2.45) is 5.10 Å². The molecule has 5 nitrogen and oxygen atoms in total. The first kappa shape index (κ1) is 15.7. The molecule has 0 bridgehead atoms. The Bertz CT molecular complexity index is 867. The van der Waals surface area contributed by atoms with E-state index in [1.807, 2.05) is 30.3 Å². The Kier molecular flexibility index (Phi) is 4.24. The molecule has 0 atom stereocenters. The molecule has 1 amide bonds. The molecule has 0 saturated carbocycles. The van der Waals surface area contributed by atoms with Crippen molar-refractivity contribution in [3.63, 3.8) is 0 Å². The summed E-state index contributed by atoms with van der Waals surface area (Å²) in [6, 6.07) is 16.1. The zero-order chi connectivity index (χ0) is 17.1. The van der Waals surface area contributed by atoms with Crippen molar-refractivity contribution in [1.82, 2.24) is 5.43 Å². The van der Waals surface area contributed by atoms with Crippen molar-refractivity contribution in [3.8, 4) is 0 Å². The number of hydrazone groups is 1. The van der Waals surface area contributed by atoms with Gasteiger partial charge in [-0.15, -0.1) is 0 Å². The number of benzene rings is 2. The minimum atomic E-state index is -0.290. The number of aliphatic hydroxyl groups is 1. The van der Waals surface area contributed by atoms with Gasteiger partial charge in [0.1, 0.15) is 5.76 Å². The summed E-state index contributed by atoms with van der Waals surface area (Å²) in [4.78, 5) is 24.3. The van der Waals surface area contributed by atoms with Crippen LogP contribution in [0.3, 0.4) is 0 Å². The van der Waals surface area contributed by atoms with Gasteiger partial charge in [0.2, 0.25) is 5.91 Å². The SMILES string of the molecule is CC(=NNC(=O)Cc1ccccc1)C1=C(O)c2ccccc2C1=O. The molecule has 0 saturated heterocycles. The van der Waals surface area contributed by atoms with Crippen LogP contribution in [0, 0.1) is 0 Å². The van der Waals surface area contributed by atoms with Gasteiger partial charge in [0, 0.05) is 11.1 Å². The van der Waals surface area contributed by atoms with E-state index in [4.69, 9.17) is 0 Å². The summed E-state index contributed by atoms with van der Waals surface area (Å²) < 4.78 is 0. The maximum Gasteiger partial charge on any atom is 0.244 e.